The van der Waals surface area contributed by atoms with Gasteiger partial charge in [0.2, 0.25) is 0 Å². The summed E-state index contributed by atoms with van der Waals surface area (Å²) in [6.45, 7) is 8.03. The lowest BCUT2D eigenvalue weighted by Gasteiger charge is -2.36. The zero-order chi connectivity index (χ0) is 19.2. The van der Waals surface area contributed by atoms with Crippen LogP contribution in [0.1, 0.15) is 36.1 Å². The number of benzene rings is 1. The maximum Gasteiger partial charge on any atom is 0.272 e. The fraction of sp³-hybridized carbons (Fsp3) is 0.476. The van der Waals surface area contributed by atoms with E-state index in [1.54, 1.807) is 0 Å². The Hall–Kier alpha value is -2.63. The molecule has 1 aromatic carbocycles. The van der Waals surface area contributed by atoms with Gasteiger partial charge in [-0.15, -0.1) is 0 Å². The highest BCUT2D eigenvalue weighted by Crippen LogP contribution is 2.18. The van der Waals surface area contributed by atoms with E-state index in [2.05, 4.69) is 38.8 Å². The van der Waals surface area contributed by atoms with Crippen LogP contribution in [0.3, 0.4) is 0 Å². The van der Waals surface area contributed by atoms with Crippen LogP contribution in [0.2, 0.25) is 0 Å². The van der Waals surface area contributed by atoms with Crippen molar-refractivity contribution in [2.75, 3.05) is 49.6 Å². The molecule has 1 aromatic heterocycles. The molecule has 1 saturated heterocycles. The number of aryl methyl sites for hydroxylation is 1. The number of amides is 1. The van der Waals surface area contributed by atoms with E-state index < -0.39 is 0 Å². The lowest BCUT2D eigenvalue weighted by molar-refractivity contribution is 0.0740. The first-order valence-corrected chi connectivity index (χ1v) is 9.74. The Balaban J connectivity index is 1.67. The molecule has 6 heteroatoms. The minimum Gasteiger partial charge on any atom is -0.368 e. The quantitative estimate of drug-likeness (QED) is 0.786. The molecule has 1 aliphatic heterocycles. The number of aromatic nitrogens is 2. The maximum absolute atomic E-state index is 13.0. The summed E-state index contributed by atoms with van der Waals surface area (Å²) in [5.74, 6) is 1.46. The van der Waals surface area contributed by atoms with Crippen molar-refractivity contribution in [3.8, 4) is 0 Å². The van der Waals surface area contributed by atoms with Gasteiger partial charge in [-0.25, -0.2) is 9.97 Å². The first-order valence-electron chi connectivity index (χ1n) is 9.74. The number of piperazine rings is 1. The van der Waals surface area contributed by atoms with Crippen LogP contribution in [0.25, 0.3) is 0 Å². The maximum atomic E-state index is 13.0. The van der Waals surface area contributed by atoms with E-state index in [-0.39, 0.29) is 5.91 Å². The topological polar surface area (TPSA) is 52.6 Å². The molecule has 144 valence electrons. The van der Waals surface area contributed by atoms with Crippen LogP contribution in [0.15, 0.2) is 36.4 Å². The predicted octanol–water partition coefficient (Wildman–Crippen LogP) is 2.98. The first kappa shape index (κ1) is 19.1. The fourth-order valence-corrected chi connectivity index (χ4v) is 3.34. The van der Waals surface area contributed by atoms with Crippen molar-refractivity contribution in [3.63, 3.8) is 0 Å². The number of unbranched alkanes of at least 4 members (excludes halogenated alkanes) is 1. The van der Waals surface area contributed by atoms with E-state index >= 15 is 0 Å². The predicted molar refractivity (Wildman–Crippen MR) is 110 cm³/mol. The molecular weight excluding hydrogens is 338 g/mol. The molecule has 0 bridgehead atoms. The van der Waals surface area contributed by atoms with Crippen LogP contribution in [-0.2, 0) is 0 Å². The molecule has 1 fully saturated rings. The number of anilines is 2. The fourth-order valence-electron chi connectivity index (χ4n) is 3.34. The van der Waals surface area contributed by atoms with Crippen LogP contribution in [-0.4, -0.2) is 60.5 Å². The third-order valence-electron chi connectivity index (χ3n) is 4.97. The minimum absolute atomic E-state index is 0.00152. The van der Waals surface area contributed by atoms with Gasteiger partial charge in [-0.1, -0.05) is 31.5 Å². The van der Waals surface area contributed by atoms with Gasteiger partial charge >= 0.3 is 0 Å². The van der Waals surface area contributed by atoms with E-state index in [0.717, 1.165) is 38.3 Å². The number of carbonyl (C=O) groups excluding carboxylic acids is 1. The first-order chi connectivity index (χ1) is 13.1. The van der Waals surface area contributed by atoms with Crippen molar-refractivity contribution < 1.29 is 4.79 Å². The van der Waals surface area contributed by atoms with E-state index in [4.69, 9.17) is 0 Å². The van der Waals surface area contributed by atoms with Crippen molar-refractivity contribution in [1.29, 1.82) is 0 Å². The van der Waals surface area contributed by atoms with Crippen LogP contribution >= 0.6 is 0 Å². The molecule has 3 rings (SSSR count). The average molecular weight is 367 g/mol. The van der Waals surface area contributed by atoms with E-state index in [1.807, 2.05) is 43.1 Å². The van der Waals surface area contributed by atoms with E-state index in [0.29, 0.717) is 24.6 Å². The second-order valence-corrected chi connectivity index (χ2v) is 7.05. The minimum atomic E-state index is -0.00152. The Bertz CT molecular complexity index is 756. The number of hydrogen-bond donors (Lipinski definition) is 0. The highest BCUT2D eigenvalue weighted by molar-refractivity contribution is 5.93. The molecule has 0 atom stereocenters. The smallest absolute Gasteiger partial charge is 0.272 e. The van der Waals surface area contributed by atoms with Crippen molar-refractivity contribution in [2.45, 2.75) is 26.7 Å². The molecule has 0 unspecified atom stereocenters. The molecule has 0 saturated carbocycles. The summed E-state index contributed by atoms with van der Waals surface area (Å²) in [6.07, 6.45) is 2.23. The Labute approximate surface area is 161 Å². The molecule has 0 radical (unpaired) electrons. The Morgan fingerprint density at radius 2 is 1.81 bits per heavy atom. The second kappa shape index (κ2) is 8.84. The summed E-state index contributed by atoms with van der Waals surface area (Å²) < 4.78 is 0. The molecular formula is C21H29N5O. The molecule has 6 nitrogen and oxygen atoms in total. The molecule has 0 N–H and O–H groups in total. The molecule has 1 aliphatic rings. The van der Waals surface area contributed by atoms with Gasteiger partial charge in [0.05, 0.1) is 0 Å². The van der Waals surface area contributed by atoms with Gasteiger partial charge < -0.3 is 14.7 Å². The van der Waals surface area contributed by atoms with E-state index in [9.17, 15) is 4.79 Å². The van der Waals surface area contributed by atoms with Crippen LogP contribution in [0.5, 0.6) is 0 Å². The third-order valence-corrected chi connectivity index (χ3v) is 4.97. The molecule has 2 aromatic rings. The summed E-state index contributed by atoms with van der Waals surface area (Å²) in [5.41, 5.74) is 1.70. The Kier molecular flexibility index (Phi) is 6.27. The number of hydrogen-bond acceptors (Lipinski definition) is 5. The largest absolute Gasteiger partial charge is 0.368 e. The Morgan fingerprint density at radius 1 is 1.11 bits per heavy atom. The van der Waals surface area contributed by atoms with Gasteiger partial charge in [-0.05, 0) is 25.5 Å². The van der Waals surface area contributed by atoms with Crippen molar-refractivity contribution in [2.24, 2.45) is 0 Å². The van der Waals surface area contributed by atoms with Crippen LogP contribution < -0.4 is 9.80 Å². The lowest BCUT2D eigenvalue weighted by Crippen LogP contribution is -2.49. The van der Waals surface area contributed by atoms with Crippen LogP contribution in [0, 0.1) is 6.92 Å². The summed E-state index contributed by atoms with van der Waals surface area (Å²) in [5, 5.41) is 0. The zero-order valence-corrected chi connectivity index (χ0v) is 16.6. The standard InChI is InChI=1S/C21H29N5O/c1-4-5-11-24(3)20-16-19(22-17(2)23-20)21(27)26-14-12-25(13-15-26)18-9-7-6-8-10-18/h6-10,16H,4-5,11-15H2,1-3H3. The van der Waals surface area contributed by atoms with Crippen molar-refractivity contribution in [1.82, 2.24) is 14.9 Å². The average Bonchev–Trinajstić information content (AvgIpc) is 2.71. The van der Waals surface area contributed by atoms with Gasteiger partial charge in [0.25, 0.3) is 5.91 Å². The molecule has 0 spiro atoms. The lowest BCUT2D eigenvalue weighted by atomic mass is 10.2. The number of rotatable bonds is 6. The summed E-state index contributed by atoms with van der Waals surface area (Å²) in [7, 11) is 2.02. The van der Waals surface area contributed by atoms with Crippen molar-refractivity contribution >= 4 is 17.4 Å². The van der Waals surface area contributed by atoms with Gasteiger partial charge in [0.1, 0.15) is 17.3 Å². The SMILES string of the molecule is CCCCN(C)c1cc(C(=O)N2CCN(c3ccccc3)CC2)nc(C)n1. The normalized spacial score (nSPS) is 14.3. The molecule has 27 heavy (non-hydrogen) atoms. The zero-order valence-electron chi connectivity index (χ0n) is 16.6. The van der Waals surface area contributed by atoms with Gasteiger partial charge in [-0.3, -0.25) is 4.79 Å². The van der Waals surface area contributed by atoms with Gasteiger partial charge in [0.15, 0.2) is 0 Å². The van der Waals surface area contributed by atoms with Crippen molar-refractivity contribution in [3.05, 3.63) is 47.9 Å². The van der Waals surface area contributed by atoms with Crippen LogP contribution in [0.4, 0.5) is 11.5 Å². The molecule has 0 aliphatic carbocycles. The summed E-state index contributed by atoms with van der Waals surface area (Å²) >= 11 is 0. The summed E-state index contributed by atoms with van der Waals surface area (Å²) in [6, 6.07) is 12.2. The highest BCUT2D eigenvalue weighted by atomic mass is 16.2. The second-order valence-electron chi connectivity index (χ2n) is 7.05. The molecule has 1 amide bonds. The van der Waals surface area contributed by atoms with Gasteiger partial charge in [-0.2, -0.15) is 0 Å². The number of nitrogens with zero attached hydrogens (tertiary/aromatic N) is 5. The number of carbonyl (C=O) groups is 1. The van der Waals surface area contributed by atoms with Gasteiger partial charge in [0, 0.05) is 51.5 Å². The third kappa shape index (κ3) is 4.76. The highest BCUT2D eigenvalue weighted by Gasteiger charge is 2.24. The van der Waals surface area contributed by atoms with E-state index in [1.165, 1.54) is 5.69 Å². The summed E-state index contributed by atoms with van der Waals surface area (Å²) in [4.78, 5) is 28.2. The molecule has 2 heterocycles. The number of para-hydroxylation sites is 1. The monoisotopic (exact) mass is 367 g/mol. The Morgan fingerprint density at radius 3 is 2.48 bits per heavy atom.